The molecule has 6 heteroatoms. The van der Waals surface area contributed by atoms with Crippen molar-refractivity contribution in [3.05, 3.63) is 52.8 Å². The van der Waals surface area contributed by atoms with E-state index in [1.54, 1.807) is 6.07 Å². The van der Waals surface area contributed by atoms with Gasteiger partial charge >= 0.3 is 0 Å². The first-order chi connectivity index (χ1) is 12.5. The van der Waals surface area contributed by atoms with E-state index in [-0.39, 0.29) is 29.7 Å². The van der Waals surface area contributed by atoms with Crippen molar-refractivity contribution in [3.63, 3.8) is 0 Å². The predicted octanol–water partition coefficient (Wildman–Crippen LogP) is 2.27. The quantitative estimate of drug-likeness (QED) is 0.837. The van der Waals surface area contributed by atoms with Crippen molar-refractivity contribution in [2.45, 2.75) is 45.7 Å². The van der Waals surface area contributed by atoms with Gasteiger partial charge in [0.1, 0.15) is 0 Å². The van der Waals surface area contributed by atoms with Crippen molar-refractivity contribution in [1.29, 1.82) is 0 Å². The second kappa shape index (κ2) is 6.27. The first-order valence-electron chi connectivity index (χ1n) is 9.13. The first kappa shape index (κ1) is 16.8. The van der Waals surface area contributed by atoms with Gasteiger partial charge in [0.15, 0.2) is 0 Å². The fourth-order valence-corrected chi connectivity index (χ4v) is 3.75. The van der Waals surface area contributed by atoms with Crippen LogP contribution in [-0.2, 0) is 11.3 Å². The van der Waals surface area contributed by atoms with Gasteiger partial charge in [-0.1, -0.05) is 18.2 Å². The third-order valence-corrected chi connectivity index (χ3v) is 5.48. The lowest BCUT2D eigenvalue weighted by Gasteiger charge is -2.18. The maximum absolute atomic E-state index is 12.4. The summed E-state index contributed by atoms with van der Waals surface area (Å²) >= 11 is 0. The molecule has 0 saturated heterocycles. The Balaban J connectivity index is 1.33. The Kier molecular flexibility index (Phi) is 4.05. The molecule has 0 spiro atoms. The maximum atomic E-state index is 12.4. The molecule has 1 aromatic carbocycles. The van der Waals surface area contributed by atoms with Gasteiger partial charge in [0.25, 0.3) is 5.91 Å². The van der Waals surface area contributed by atoms with E-state index in [2.05, 4.69) is 28.7 Å². The van der Waals surface area contributed by atoms with Crippen LogP contribution in [0.2, 0.25) is 0 Å². The lowest BCUT2D eigenvalue weighted by molar-refractivity contribution is -0.121. The van der Waals surface area contributed by atoms with Crippen LogP contribution in [0.15, 0.2) is 30.3 Å². The van der Waals surface area contributed by atoms with Crippen LogP contribution in [-0.4, -0.2) is 28.1 Å². The van der Waals surface area contributed by atoms with Crippen molar-refractivity contribution >= 4 is 11.8 Å². The number of nitrogens with one attached hydrogen (secondary N) is 2. The third kappa shape index (κ3) is 3.23. The minimum atomic E-state index is -0.232. The molecule has 0 radical (unpaired) electrons. The minimum absolute atomic E-state index is 0.0216. The Morgan fingerprint density at radius 1 is 1.35 bits per heavy atom. The van der Waals surface area contributed by atoms with E-state index in [9.17, 15) is 9.59 Å². The second-order valence-electron chi connectivity index (χ2n) is 7.68. The monoisotopic (exact) mass is 352 g/mol. The minimum Gasteiger partial charge on any atom is -0.355 e. The van der Waals surface area contributed by atoms with E-state index in [0.29, 0.717) is 12.1 Å². The standard InChI is InChI=1S/C20H24N4O2/c1-13-9-14(2)24(23-13)12-20(7-8-20)11-21-18(25)10-17-15-5-3-4-6-16(15)19(26)22-17/h3-6,9,17H,7-8,10-12H2,1-2H3,(H,21,25)(H,22,26). The summed E-state index contributed by atoms with van der Waals surface area (Å²) in [5.41, 5.74) is 3.89. The summed E-state index contributed by atoms with van der Waals surface area (Å²) in [4.78, 5) is 24.4. The highest BCUT2D eigenvalue weighted by molar-refractivity contribution is 5.99. The summed E-state index contributed by atoms with van der Waals surface area (Å²) in [6, 6.07) is 9.31. The summed E-state index contributed by atoms with van der Waals surface area (Å²) in [6.45, 7) is 5.57. The molecule has 1 aromatic heterocycles. The van der Waals surface area contributed by atoms with E-state index >= 15 is 0 Å². The number of carbonyl (C=O) groups excluding carboxylic acids is 2. The third-order valence-electron chi connectivity index (χ3n) is 5.48. The molecule has 1 unspecified atom stereocenters. The fourth-order valence-electron chi connectivity index (χ4n) is 3.75. The van der Waals surface area contributed by atoms with Crippen LogP contribution < -0.4 is 10.6 Å². The van der Waals surface area contributed by atoms with E-state index in [4.69, 9.17) is 0 Å². The first-order valence-corrected chi connectivity index (χ1v) is 9.13. The molecular weight excluding hydrogens is 328 g/mol. The van der Waals surface area contributed by atoms with Gasteiger partial charge in [-0.2, -0.15) is 5.10 Å². The lowest BCUT2D eigenvalue weighted by Crippen LogP contribution is -2.34. The Morgan fingerprint density at radius 3 is 2.81 bits per heavy atom. The topological polar surface area (TPSA) is 76.0 Å². The average Bonchev–Trinajstić information content (AvgIpc) is 3.21. The molecule has 2 amide bonds. The number of hydrogen-bond acceptors (Lipinski definition) is 3. The highest BCUT2D eigenvalue weighted by Gasteiger charge is 2.43. The molecule has 136 valence electrons. The largest absolute Gasteiger partial charge is 0.355 e. The number of hydrogen-bond donors (Lipinski definition) is 2. The van der Waals surface area contributed by atoms with Crippen LogP contribution in [0.4, 0.5) is 0 Å². The summed E-state index contributed by atoms with van der Waals surface area (Å²) in [7, 11) is 0. The number of nitrogens with zero attached hydrogens (tertiary/aromatic N) is 2. The molecule has 26 heavy (non-hydrogen) atoms. The van der Waals surface area contributed by atoms with Crippen molar-refractivity contribution in [2.75, 3.05) is 6.54 Å². The summed E-state index contributed by atoms with van der Waals surface area (Å²) < 4.78 is 2.04. The van der Waals surface area contributed by atoms with Gasteiger partial charge in [0.05, 0.1) is 18.2 Å². The Morgan fingerprint density at radius 2 is 2.12 bits per heavy atom. The van der Waals surface area contributed by atoms with E-state index in [1.807, 2.05) is 29.8 Å². The molecule has 2 aromatic rings. The zero-order chi connectivity index (χ0) is 18.3. The molecule has 1 atom stereocenters. The summed E-state index contributed by atoms with van der Waals surface area (Å²) in [6.07, 6.45) is 2.49. The van der Waals surface area contributed by atoms with Crippen LogP contribution in [0.1, 0.15) is 52.6 Å². The van der Waals surface area contributed by atoms with Crippen molar-refractivity contribution < 1.29 is 9.59 Å². The zero-order valence-corrected chi connectivity index (χ0v) is 15.2. The molecule has 6 nitrogen and oxygen atoms in total. The van der Waals surface area contributed by atoms with Crippen LogP contribution in [0.5, 0.6) is 0 Å². The second-order valence-corrected chi connectivity index (χ2v) is 7.68. The maximum Gasteiger partial charge on any atom is 0.252 e. The highest BCUT2D eigenvalue weighted by atomic mass is 16.2. The average molecular weight is 352 g/mol. The van der Waals surface area contributed by atoms with Gasteiger partial charge in [-0.15, -0.1) is 0 Å². The van der Waals surface area contributed by atoms with Gasteiger partial charge in [0.2, 0.25) is 5.91 Å². The van der Waals surface area contributed by atoms with E-state index < -0.39 is 0 Å². The molecule has 4 rings (SSSR count). The molecule has 1 fully saturated rings. The molecular formula is C20H24N4O2. The number of benzene rings is 1. The van der Waals surface area contributed by atoms with Gasteiger partial charge in [-0.25, -0.2) is 0 Å². The summed E-state index contributed by atoms with van der Waals surface area (Å²) in [5.74, 6) is -0.117. The number of fused-ring (bicyclic) bond motifs is 1. The number of carbonyl (C=O) groups is 2. The normalized spacial score (nSPS) is 19.8. The molecule has 1 aliphatic carbocycles. The van der Waals surface area contributed by atoms with Gasteiger partial charge in [-0.3, -0.25) is 14.3 Å². The fraction of sp³-hybridized carbons (Fsp3) is 0.450. The zero-order valence-electron chi connectivity index (χ0n) is 15.2. The van der Waals surface area contributed by atoms with Crippen molar-refractivity contribution in [3.8, 4) is 0 Å². The number of rotatable bonds is 6. The Labute approximate surface area is 153 Å². The predicted molar refractivity (Wildman–Crippen MR) is 97.6 cm³/mol. The van der Waals surface area contributed by atoms with Crippen LogP contribution in [0.3, 0.4) is 0 Å². The summed E-state index contributed by atoms with van der Waals surface area (Å²) in [5, 5.41) is 10.5. The lowest BCUT2D eigenvalue weighted by atomic mass is 10.0. The van der Waals surface area contributed by atoms with Crippen molar-refractivity contribution in [2.24, 2.45) is 5.41 Å². The van der Waals surface area contributed by atoms with Crippen LogP contribution >= 0.6 is 0 Å². The van der Waals surface area contributed by atoms with E-state index in [1.165, 1.54) is 0 Å². The highest BCUT2D eigenvalue weighted by Crippen LogP contribution is 2.46. The Hall–Kier alpha value is -2.63. The SMILES string of the molecule is Cc1cc(C)n(CC2(CNC(=O)CC3NC(=O)c4ccccc43)CC2)n1. The van der Waals surface area contributed by atoms with Crippen LogP contribution in [0, 0.1) is 19.3 Å². The molecule has 2 heterocycles. The van der Waals surface area contributed by atoms with Crippen LogP contribution in [0.25, 0.3) is 0 Å². The molecule has 0 bridgehead atoms. The van der Waals surface area contributed by atoms with E-state index in [0.717, 1.165) is 36.3 Å². The molecule has 1 saturated carbocycles. The van der Waals surface area contributed by atoms with Crippen molar-refractivity contribution in [1.82, 2.24) is 20.4 Å². The molecule has 1 aliphatic heterocycles. The number of aromatic nitrogens is 2. The molecule has 2 N–H and O–H groups in total. The Bertz CT molecular complexity index is 866. The molecule has 2 aliphatic rings. The van der Waals surface area contributed by atoms with Gasteiger partial charge < -0.3 is 10.6 Å². The number of amides is 2. The van der Waals surface area contributed by atoms with Gasteiger partial charge in [-0.05, 0) is 44.4 Å². The van der Waals surface area contributed by atoms with Gasteiger partial charge in [0, 0.05) is 29.8 Å². The smallest absolute Gasteiger partial charge is 0.252 e. The number of aryl methyl sites for hydroxylation is 2.